The summed E-state index contributed by atoms with van der Waals surface area (Å²) in [6, 6.07) is 3.61. The Morgan fingerprint density at radius 1 is 1.45 bits per heavy atom. The van der Waals surface area contributed by atoms with Gasteiger partial charge in [-0.1, -0.05) is 32.4 Å². The highest BCUT2D eigenvalue weighted by Gasteiger charge is 2.25. The number of aromatic nitrogens is 1. The first-order valence-electron chi connectivity index (χ1n) is 7.17. The molecular weight excluding hydrogens is 322 g/mol. The standard InChI is InChI=1S/C16H20ClNO3S/c1-6-20-14(19)9(2)22-13-10(17)7-8-11-12(13)21-15(18-11)16(3,4)5/h7-9H,6H2,1-5H3. The van der Waals surface area contributed by atoms with Gasteiger partial charge in [-0.3, -0.25) is 4.79 Å². The van der Waals surface area contributed by atoms with Gasteiger partial charge in [0.05, 0.1) is 16.5 Å². The van der Waals surface area contributed by atoms with Crippen LogP contribution in [0.25, 0.3) is 11.1 Å². The van der Waals surface area contributed by atoms with E-state index in [4.69, 9.17) is 20.8 Å². The van der Waals surface area contributed by atoms with Crippen LogP contribution in [0, 0.1) is 0 Å². The van der Waals surface area contributed by atoms with Crippen LogP contribution in [-0.2, 0) is 14.9 Å². The number of carbonyl (C=O) groups excluding carboxylic acids is 1. The number of benzene rings is 1. The minimum Gasteiger partial charge on any atom is -0.465 e. The number of rotatable bonds is 4. The number of halogens is 1. The molecule has 1 unspecified atom stereocenters. The van der Waals surface area contributed by atoms with E-state index in [1.165, 1.54) is 11.8 Å². The van der Waals surface area contributed by atoms with E-state index in [1.54, 1.807) is 19.9 Å². The SMILES string of the molecule is CCOC(=O)C(C)Sc1c(Cl)ccc2nc(C(C)(C)C)oc12. The van der Waals surface area contributed by atoms with Crippen LogP contribution in [0.2, 0.25) is 5.02 Å². The number of fused-ring (bicyclic) bond motifs is 1. The molecule has 4 nitrogen and oxygen atoms in total. The summed E-state index contributed by atoms with van der Waals surface area (Å²) in [5.41, 5.74) is 1.17. The van der Waals surface area contributed by atoms with Gasteiger partial charge in [-0.15, -0.1) is 11.8 Å². The van der Waals surface area contributed by atoms with Gasteiger partial charge in [0.1, 0.15) is 10.8 Å². The van der Waals surface area contributed by atoms with Gasteiger partial charge in [-0.05, 0) is 26.0 Å². The Morgan fingerprint density at radius 2 is 2.14 bits per heavy atom. The molecule has 0 amide bonds. The predicted octanol–water partition coefficient (Wildman–Crippen LogP) is 4.82. The van der Waals surface area contributed by atoms with E-state index in [1.807, 2.05) is 26.8 Å². The fourth-order valence-electron chi connectivity index (χ4n) is 1.86. The first kappa shape index (κ1) is 17.2. The van der Waals surface area contributed by atoms with Crippen molar-refractivity contribution in [3.63, 3.8) is 0 Å². The summed E-state index contributed by atoms with van der Waals surface area (Å²) in [7, 11) is 0. The first-order chi connectivity index (χ1) is 10.2. The van der Waals surface area contributed by atoms with Gasteiger partial charge in [0.2, 0.25) is 5.89 Å². The van der Waals surface area contributed by atoms with E-state index in [-0.39, 0.29) is 16.6 Å². The lowest BCUT2D eigenvalue weighted by molar-refractivity contribution is -0.142. The molecule has 0 fully saturated rings. The minimum atomic E-state index is -0.369. The number of thioether (sulfide) groups is 1. The summed E-state index contributed by atoms with van der Waals surface area (Å²) in [6.45, 7) is 10.0. The van der Waals surface area contributed by atoms with E-state index in [0.717, 1.165) is 10.4 Å². The number of esters is 1. The maximum absolute atomic E-state index is 11.8. The van der Waals surface area contributed by atoms with Crippen molar-refractivity contribution in [2.24, 2.45) is 0 Å². The zero-order valence-electron chi connectivity index (χ0n) is 13.4. The van der Waals surface area contributed by atoms with E-state index in [2.05, 4.69) is 4.98 Å². The average molecular weight is 342 g/mol. The molecule has 2 rings (SSSR count). The van der Waals surface area contributed by atoms with Gasteiger partial charge in [-0.2, -0.15) is 0 Å². The van der Waals surface area contributed by atoms with Gasteiger partial charge >= 0.3 is 5.97 Å². The van der Waals surface area contributed by atoms with Gasteiger partial charge in [0.15, 0.2) is 5.58 Å². The molecule has 1 atom stereocenters. The highest BCUT2D eigenvalue weighted by Crippen LogP contribution is 2.39. The Hall–Kier alpha value is -1.20. The molecule has 0 aliphatic heterocycles. The topological polar surface area (TPSA) is 52.3 Å². The third-order valence-electron chi connectivity index (χ3n) is 3.02. The van der Waals surface area contributed by atoms with Crippen molar-refractivity contribution in [1.82, 2.24) is 4.98 Å². The quantitative estimate of drug-likeness (QED) is 0.589. The van der Waals surface area contributed by atoms with Crippen LogP contribution in [0.3, 0.4) is 0 Å². The summed E-state index contributed by atoms with van der Waals surface area (Å²) < 4.78 is 11.0. The maximum Gasteiger partial charge on any atom is 0.319 e. The molecule has 1 aromatic heterocycles. The summed E-state index contributed by atoms with van der Waals surface area (Å²) in [5.74, 6) is 0.381. The largest absolute Gasteiger partial charge is 0.465 e. The Morgan fingerprint density at radius 3 is 2.73 bits per heavy atom. The zero-order valence-corrected chi connectivity index (χ0v) is 15.0. The maximum atomic E-state index is 11.8. The van der Waals surface area contributed by atoms with Crippen molar-refractivity contribution >= 4 is 40.4 Å². The molecular formula is C16H20ClNO3S. The van der Waals surface area contributed by atoms with Crippen molar-refractivity contribution in [2.75, 3.05) is 6.61 Å². The number of nitrogens with zero attached hydrogens (tertiary/aromatic N) is 1. The molecule has 0 aliphatic rings. The molecule has 0 saturated heterocycles. The highest BCUT2D eigenvalue weighted by molar-refractivity contribution is 8.00. The lowest BCUT2D eigenvalue weighted by atomic mass is 9.97. The van der Waals surface area contributed by atoms with Crippen molar-refractivity contribution in [2.45, 2.75) is 50.2 Å². The zero-order chi connectivity index (χ0) is 16.5. The molecule has 0 bridgehead atoms. The summed E-state index contributed by atoms with van der Waals surface area (Å²) in [6.07, 6.45) is 0. The molecule has 2 aromatic rings. The van der Waals surface area contributed by atoms with E-state index in [0.29, 0.717) is 23.1 Å². The Kier molecular flexibility index (Phi) is 5.07. The second-order valence-corrected chi connectivity index (χ2v) is 7.76. The molecule has 6 heteroatoms. The van der Waals surface area contributed by atoms with Crippen LogP contribution >= 0.6 is 23.4 Å². The minimum absolute atomic E-state index is 0.194. The van der Waals surface area contributed by atoms with Crippen molar-refractivity contribution in [1.29, 1.82) is 0 Å². The van der Waals surface area contributed by atoms with E-state index >= 15 is 0 Å². The van der Waals surface area contributed by atoms with Gasteiger partial charge in [-0.25, -0.2) is 4.98 Å². The molecule has 1 heterocycles. The molecule has 0 spiro atoms. The molecule has 22 heavy (non-hydrogen) atoms. The number of hydrogen-bond acceptors (Lipinski definition) is 5. The highest BCUT2D eigenvalue weighted by atomic mass is 35.5. The van der Waals surface area contributed by atoms with Crippen LogP contribution in [0.15, 0.2) is 21.4 Å². The summed E-state index contributed by atoms with van der Waals surface area (Å²) in [5, 5.41) is 0.177. The summed E-state index contributed by atoms with van der Waals surface area (Å²) in [4.78, 5) is 17.1. The van der Waals surface area contributed by atoms with E-state index in [9.17, 15) is 4.79 Å². The second kappa shape index (κ2) is 6.50. The lowest BCUT2D eigenvalue weighted by Crippen LogP contribution is -2.16. The first-order valence-corrected chi connectivity index (χ1v) is 8.42. The molecule has 0 radical (unpaired) electrons. The van der Waals surface area contributed by atoms with Gasteiger partial charge < -0.3 is 9.15 Å². The van der Waals surface area contributed by atoms with Crippen molar-refractivity contribution < 1.29 is 13.9 Å². The van der Waals surface area contributed by atoms with Crippen molar-refractivity contribution in [3.8, 4) is 0 Å². The summed E-state index contributed by atoms with van der Waals surface area (Å²) >= 11 is 7.62. The van der Waals surface area contributed by atoms with Gasteiger partial charge in [0, 0.05) is 5.41 Å². The normalized spacial score (nSPS) is 13.4. The second-order valence-electron chi connectivity index (χ2n) is 6.01. The van der Waals surface area contributed by atoms with Gasteiger partial charge in [0.25, 0.3) is 0 Å². The van der Waals surface area contributed by atoms with Crippen molar-refractivity contribution in [3.05, 3.63) is 23.0 Å². The van der Waals surface area contributed by atoms with Crippen LogP contribution in [0.4, 0.5) is 0 Å². The van der Waals surface area contributed by atoms with Crippen LogP contribution < -0.4 is 0 Å². The lowest BCUT2D eigenvalue weighted by Gasteiger charge is -2.12. The third-order valence-corrected chi connectivity index (χ3v) is 4.63. The molecule has 120 valence electrons. The fourth-order valence-corrected chi connectivity index (χ4v) is 3.09. The Bertz CT molecular complexity index is 690. The van der Waals surface area contributed by atoms with Crippen LogP contribution in [-0.4, -0.2) is 22.8 Å². The molecule has 0 saturated carbocycles. The Labute approximate surface area is 139 Å². The van der Waals surface area contributed by atoms with Crippen LogP contribution in [0.5, 0.6) is 0 Å². The monoisotopic (exact) mass is 341 g/mol. The average Bonchev–Trinajstić information content (AvgIpc) is 2.86. The number of carbonyl (C=O) groups is 1. The number of oxazole rings is 1. The van der Waals surface area contributed by atoms with Crippen LogP contribution in [0.1, 0.15) is 40.5 Å². The molecule has 0 N–H and O–H groups in total. The van der Waals surface area contributed by atoms with E-state index < -0.39 is 0 Å². The third kappa shape index (κ3) is 3.58. The Balaban J connectivity index is 2.42. The fraction of sp³-hybridized carbons (Fsp3) is 0.500. The predicted molar refractivity (Wildman–Crippen MR) is 89.7 cm³/mol. The molecule has 1 aromatic carbocycles. The number of hydrogen-bond donors (Lipinski definition) is 0. The number of ether oxygens (including phenoxy) is 1. The smallest absolute Gasteiger partial charge is 0.319 e. The molecule has 0 aliphatic carbocycles.